The van der Waals surface area contributed by atoms with Gasteiger partial charge in [-0.1, -0.05) is 25.8 Å². The van der Waals surface area contributed by atoms with Crippen LogP contribution >= 0.6 is 0 Å². The summed E-state index contributed by atoms with van der Waals surface area (Å²) in [6.45, 7) is 2.22. The van der Waals surface area contributed by atoms with Gasteiger partial charge in [0.05, 0.1) is 19.8 Å². The van der Waals surface area contributed by atoms with Gasteiger partial charge in [0.2, 0.25) is 0 Å². The molecule has 0 radical (unpaired) electrons. The van der Waals surface area contributed by atoms with Gasteiger partial charge in [-0.25, -0.2) is 0 Å². The molecule has 3 heteroatoms. The lowest BCUT2D eigenvalue weighted by Crippen LogP contribution is -1.91. The Kier molecular flexibility index (Phi) is 5.09. The van der Waals surface area contributed by atoms with Crippen LogP contribution in [0.2, 0.25) is 0 Å². The SMILES string of the molecule is CCCCCc1ccc(-c2cc3ccc(OC)cc3o2)c(OC)c1. The van der Waals surface area contributed by atoms with E-state index in [4.69, 9.17) is 13.9 Å². The van der Waals surface area contributed by atoms with Crippen molar-refractivity contribution >= 4 is 11.0 Å². The number of hydrogen-bond donors (Lipinski definition) is 0. The van der Waals surface area contributed by atoms with Crippen molar-refractivity contribution in [3.63, 3.8) is 0 Å². The van der Waals surface area contributed by atoms with Crippen molar-refractivity contribution < 1.29 is 13.9 Å². The molecular weight excluding hydrogens is 300 g/mol. The first-order chi connectivity index (χ1) is 11.7. The fourth-order valence-corrected chi connectivity index (χ4v) is 2.95. The van der Waals surface area contributed by atoms with E-state index in [1.165, 1.54) is 24.8 Å². The number of benzene rings is 2. The molecule has 0 saturated carbocycles. The van der Waals surface area contributed by atoms with Crippen LogP contribution in [0.5, 0.6) is 11.5 Å². The van der Waals surface area contributed by atoms with Gasteiger partial charge in [-0.05, 0) is 48.7 Å². The normalized spacial score (nSPS) is 11.0. The Labute approximate surface area is 143 Å². The third-order valence-electron chi connectivity index (χ3n) is 4.33. The Balaban J connectivity index is 1.93. The molecule has 24 heavy (non-hydrogen) atoms. The van der Waals surface area contributed by atoms with Crippen LogP contribution in [-0.2, 0) is 6.42 Å². The molecule has 0 N–H and O–H groups in total. The first kappa shape index (κ1) is 16.4. The molecule has 0 atom stereocenters. The van der Waals surface area contributed by atoms with Gasteiger partial charge in [0.1, 0.15) is 22.8 Å². The van der Waals surface area contributed by atoms with Crippen LogP contribution in [0.25, 0.3) is 22.3 Å². The van der Waals surface area contributed by atoms with E-state index in [9.17, 15) is 0 Å². The summed E-state index contributed by atoms with van der Waals surface area (Å²) in [4.78, 5) is 0. The van der Waals surface area contributed by atoms with Crippen LogP contribution in [0.15, 0.2) is 46.9 Å². The van der Waals surface area contributed by atoms with Crippen molar-refractivity contribution in [3.05, 3.63) is 48.0 Å². The van der Waals surface area contributed by atoms with Crippen molar-refractivity contribution in [2.75, 3.05) is 14.2 Å². The van der Waals surface area contributed by atoms with Crippen LogP contribution in [0.3, 0.4) is 0 Å². The van der Waals surface area contributed by atoms with Crippen molar-refractivity contribution in [1.29, 1.82) is 0 Å². The highest BCUT2D eigenvalue weighted by molar-refractivity contribution is 5.85. The molecule has 1 heterocycles. The van der Waals surface area contributed by atoms with E-state index in [0.717, 1.165) is 40.2 Å². The molecule has 0 amide bonds. The fraction of sp³-hybridized carbons (Fsp3) is 0.333. The summed E-state index contributed by atoms with van der Waals surface area (Å²) >= 11 is 0. The molecule has 0 bridgehead atoms. The van der Waals surface area contributed by atoms with E-state index in [1.807, 2.05) is 24.3 Å². The van der Waals surface area contributed by atoms with Crippen LogP contribution in [-0.4, -0.2) is 14.2 Å². The van der Waals surface area contributed by atoms with E-state index < -0.39 is 0 Å². The summed E-state index contributed by atoms with van der Waals surface area (Å²) in [5, 5.41) is 1.06. The summed E-state index contributed by atoms with van der Waals surface area (Å²) < 4.78 is 16.9. The zero-order valence-electron chi connectivity index (χ0n) is 14.6. The maximum atomic E-state index is 6.02. The molecule has 0 unspecified atom stereocenters. The molecule has 1 aromatic heterocycles. The Morgan fingerprint density at radius 1 is 0.917 bits per heavy atom. The molecule has 0 aliphatic rings. The van der Waals surface area contributed by atoms with Gasteiger partial charge in [-0.15, -0.1) is 0 Å². The second-order valence-corrected chi connectivity index (χ2v) is 6.01. The number of ether oxygens (including phenoxy) is 2. The van der Waals surface area contributed by atoms with Crippen molar-refractivity contribution in [2.24, 2.45) is 0 Å². The van der Waals surface area contributed by atoms with Gasteiger partial charge in [0.15, 0.2) is 0 Å². The van der Waals surface area contributed by atoms with Crippen molar-refractivity contribution in [1.82, 2.24) is 0 Å². The highest BCUT2D eigenvalue weighted by Gasteiger charge is 2.12. The van der Waals surface area contributed by atoms with E-state index in [1.54, 1.807) is 14.2 Å². The molecule has 0 aliphatic carbocycles. The van der Waals surface area contributed by atoms with E-state index in [2.05, 4.69) is 25.1 Å². The smallest absolute Gasteiger partial charge is 0.139 e. The molecule has 0 spiro atoms. The number of rotatable bonds is 7. The van der Waals surface area contributed by atoms with Crippen molar-refractivity contribution in [3.8, 4) is 22.8 Å². The van der Waals surface area contributed by atoms with E-state index in [-0.39, 0.29) is 0 Å². The maximum Gasteiger partial charge on any atom is 0.139 e. The summed E-state index contributed by atoms with van der Waals surface area (Å²) in [6, 6.07) is 14.3. The lowest BCUT2D eigenvalue weighted by molar-refractivity contribution is 0.413. The molecule has 0 saturated heterocycles. The number of furan rings is 1. The second-order valence-electron chi connectivity index (χ2n) is 6.01. The highest BCUT2D eigenvalue weighted by atomic mass is 16.5. The molecule has 3 rings (SSSR count). The van der Waals surface area contributed by atoms with Gasteiger partial charge in [-0.2, -0.15) is 0 Å². The largest absolute Gasteiger partial charge is 0.497 e. The van der Waals surface area contributed by atoms with Gasteiger partial charge in [-0.3, -0.25) is 0 Å². The lowest BCUT2D eigenvalue weighted by Gasteiger charge is -2.09. The van der Waals surface area contributed by atoms with Crippen molar-refractivity contribution in [2.45, 2.75) is 32.6 Å². The highest BCUT2D eigenvalue weighted by Crippen LogP contribution is 2.36. The monoisotopic (exact) mass is 324 g/mol. The predicted molar refractivity (Wildman–Crippen MR) is 98.0 cm³/mol. The molecule has 3 nitrogen and oxygen atoms in total. The molecule has 2 aromatic carbocycles. The van der Waals surface area contributed by atoms with Crippen LogP contribution in [0, 0.1) is 0 Å². The zero-order chi connectivity index (χ0) is 16.9. The Hall–Kier alpha value is -2.42. The summed E-state index contributed by atoms with van der Waals surface area (Å²) in [5.41, 5.74) is 3.10. The molecule has 0 fully saturated rings. The minimum atomic E-state index is 0.793. The minimum Gasteiger partial charge on any atom is -0.497 e. The molecule has 0 aliphatic heterocycles. The Morgan fingerprint density at radius 2 is 1.79 bits per heavy atom. The molecular formula is C21H24O3. The summed E-state index contributed by atoms with van der Waals surface area (Å²) in [5.74, 6) is 2.46. The van der Waals surface area contributed by atoms with Crippen LogP contribution < -0.4 is 9.47 Å². The Bertz CT molecular complexity index is 817. The summed E-state index contributed by atoms with van der Waals surface area (Å²) in [7, 11) is 3.37. The van der Waals surface area contributed by atoms with Gasteiger partial charge in [0.25, 0.3) is 0 Å². The average Bonchev–Trinajstić information content (AvgIpc) is 3.04. The minimum absolute atomic E-state index is 0.793. The number of methoxy groups -OCH3 is 2. The van der Waals surface area contributed by atoms with Gasteiger partial charge in [0, 0.05) is 11.5 Å². The van der Waals surface area contributed by atoms with E-state index >= 15 is 0 Å². The van der Waals surface area contributed by atoms with Gasteiger partial charge < -0.3 is 13.9 Å². The second kappa shape index (κ2) is 7.43. The Morgan fingerprint density at radius 3 is 2.54 bits per heavy atom. The number of fused-ring (bicyclic) bond motifs is 1. The number of hydrogen-bond acceptors (Lipinski definition) is 3. The number of aryl methyl sites for hydroxylation is 1. The summed E-state index contributed by atoms with van der Waals surface area (Å²) in [6.07, 6.45) is 4.79. The standard InChI is InChI=1S/C21H24O3/c1-4-5-6-7-15-8-11-18(20(12-15)23-3)21-13-16-9-10-17(22-2)14-19(16)24-21/h8-14H,4-7H2,1-3H3. The van der Waals surface area contributed by atoms with Gasteiger partial charge >= 0.3 is 0 Å². The fourth-order valence-electron chi connectivity index (χ4n) is 2.95. The third-order valence-corrected chi connectivity index (χ3v) is 4.33. The quantitative estimate of drug-likeness (QED) is 0.511. The van der Waals surface area contributed by atoms with Crippen LogP contribution in [0.1, 0.15) is 31.7 Å². The third kappa shape index (κ3) is 3.40. The molecule has 3 aromatic rings. The number of unbranched alkanes of at least 4 members (excludes halogenated alkanes) is 2. The topological polar surface area (TPSA) is 31.6 Å². The lowest BCUT2D eigenvalue weighted by atomic mass is 10.0. The predicted octanol–water partition coefficient (Wildman–Crippen LogP) is 5.85. The maximum absolute atomic E-state index is 6.02. The average molecular weight is 324 g/mol. The van der Waals surface area contributed by atoms with Crippen LogP contribution in [0.4, 0.5) is 0 Å². The first-order valence-corrected chi connectivity index (χ1v) is 8.50. The zero-order valence-corrected chi connectivity index (χ0v) is 14.6. The van der Waals surface area contributed by atoms with E-state index in [0.29, 0.717) is 0 Å². The first-order valence-electron chi connectivity index (χ1n) is 8.50. The molecule has 126 valence electrons.